The van der Waals surface area contributed by atoms with Crippen LogP contribution < -0.4 is 15.4 Å². The Morgan fingerprint density at radius 3 is 2.75 bits per heavy atom. The average molecular weight is 402 g/mol. The van der Waals surface area contributed by atoms with Crippen molar-refractivity contribution in [1.29, 1.82) is 0 Å². The molecule has 0 bridgehead atoms. The highest BCUT2D eigenvalue weighted by Crippen LogP contribution is 2.28. The number of rotatable bonds is 4. The van der Waals surface area contributed by atoms with Gasteiger partial charge in [0.15, 0.2) is 5.65 Å². The van der Waals surface area contributed by atoms with Gasteiger partial charge < -0.3 is 10.1 Å². The van der Waals surface area contributed by atoms with E-state index in [-0.39, 0.29) is 16.7 Å². The summed E-state index contributed by atoms with van der Waals surface area (Å²) in [6.45, 7) is 5.59. The highest BCUT2D eigenvalue weighted by Gasteiger charge is 2.20. The summed E-state index contributed by atoms with van der Waals surface area (Å²) < 4.78 is 7.16. The summed E-state index contributed by atoms with van der Waals surface area (Å²) in [6.07, 6.45) is 1.33. The van der Waals surface area contributed by atoms with Crippen LogP contribution in [0.4, 0.5) is 10.5 Å². The summed E-state index contributed by atoms with van der Waals surface area (Å²) in [5, 5.41) is 9.88. The number of benzene rings is 1. The van der Waals surface area contributed by atoms with Gasteiger partial charge in [0.25, 0.3) is 5.91 Å². The number of pyridine rings is 1. The molecule has 0 aliphatic carbocycles. The first kappa shape index (κ1) is 19.6. The third-order valence-corrected chi connectivity index (χ3v) is 4.29. The summed E-state index contributed by atoms with van der Waals surface area (Å²) in [5.41, 5.74) is 1.80. The summed E-state index contributed by atoms with van der Waals surface area (Å²) in [7, 11) is 1.74. The van der Waals surface area contributed by atoms with Gasteiger partial charge in [0.05, 0.1) is 27.8 Å². The predicted octanol–water partition coefficient (Wildman–Crippen LogP) is 3.68. The van der Waals surface area contributed by atoms with E-state index in [9.17, 15) is 9.59 Å². The number of aromatic nitrogens is 3. The monoisotopic (exact) mass is 401 g/mol. The van der Waals surface area contributed by atoms with Crippen LogP contribution >= 0.6 is 11.6 Å². The van der Waals surface area contributed by atoms with Crippen molar-refractivity contribution in [2.45, 2.75) is 26.9 Å². The van der Waals surface area contributed by atoms with Crippen LogP contribution in [-0.2, 0) is 7.05 Å². The van der Waals surface area contributed by atoms with Crippen molar-refractivity contribution in [1.82, 2.24) is 20.1 Å². The number of amides is 3. The molecule has 146 valence electrons. The maximum absolute atomic E-state index is 12.5. The van der Waals surface area contributed by atoms with Crippen LogP contribution in [0.3, 0.4) is 0 Å². The molecule has 0 unspecified atom stereocenters. The number of carbonyl (C=O) groups excluding carboxylic acids is 2. The minimum Gasteiger partial charge on any atom is -0.491 e. The lowest BCUT2D eigenvalue weighted by Gasteiger charge is -2.12. The second-order valence-corrected chi connectivity index (χ2v) is 6.87. The average Bonchev–Trinajstić information content (AvgIpc) is 2.89. The largest absolute Gasteiger partial charge is 0.491 e. The molecule has 0 atom stereocenters. The molecular formula is C19H20ClN5O3. The van der Waals surface area contributed by atoms with Crippen LogP contribution in [0, 0.1) is 6.92 Å². The minimum atomic E-state index is -0.689. The number of hydrogen-bond donors (Lipinski definition) is 2. The van der Waals surface area contributed by atoms with Crippen LogP contribution in [0.2, 0.25) is 5.02 Å². The number of imide groups is 1. The molecular weight excluding hydrogens is 382 g/mol. The van der Waals surface area contributed by atoms with E-state index in [0.29, 0.717) is 28.2 Å². The number of fused-ring (bicyclic) bond motifs is 1. The van der Waals surface area contributed by atoms with E-state index in [0.717, 1.165) is 0 Å². The smallest absolute Gasteiger partial charge is 0.326 e. The molecule has 3 rings (SSSR count). The Hall–Kier alpha value is -3.13. The number of ether oxygens (including phenoxy) is 1. The zero-order chi connectivity index (χ0) is 20.4. The number of aryl methyl sites for hydroxylation is 2. The molecule has 0 aliphatic heterocycles. The molecule has 2 aromatic heterocycles. The second kappa shape index (κ2) is 7.85. The van der Waals surface area contributed by atoms with Crippen molar-refractivity contribution < 1.29 is 14.3 Å². The van der Waals surface area contributed by atoms with Crippen LogP contribution in [-0.4, -0.2) is 32.8 Å². The second-order valence-electron chi connectivity index (χ2n) is 6.50. The quantitative estimate of drug-likeness (QED) is 0.694. The molecule has 2 N–H and O–H groups in total. The molecule has 0 saturated heterocycles. The topological polar surface area (TPSA) is 98.1 Å². The SMILES string of the molecule is Cc1nn(C)c2ncc(C(=O)NC(=O)Nc3cccc(OC(C)C)c3)c(Cl)c12. The number of hydrogen-bond acceptors (Lipinski definition) is 5. The maximum Gasteiger partial charge on any atom is 0.326 e. The van der Waals surface area contributed by atoms with Crippen LogP contribution in [0.25, 0.3) is 11.0 Å². The Morgan fingerprint density at radius 1 is 1.29 bits per heavy atom. The van der Waals surface area contributed by atoms with Gasteiger partial charge in [-0.3, -0.25) is 14.8 Å². The lowest BCUT2D eigenvalue weighted by atomic mass is 10.2. The highest BCUT2D eigenvalue weighted by atomic mass is 35.5. The van der Waals surface area contributed by atoms with Crippen molar-refractivity contribution in [3.8, 4) is 5.75 Å². The summed E-state index contributed by atoms with van der Waals surface area (Å²) >= 11 is 6.37. The van der Waals surface area contributed by atoms with Gasteiger partial charge in [0, 0.05) is 25.0 Å². The first-order valence-corrected chi connectivity index (χ1v) is 9.01. The van der Waals surface area contributed by atoms with Crippen molar-refractivity contribution in [3.05, 3.63) is 46.7 Å². The zero-order valence-corrected chi connectivity index (χ0v) is 16.7. The molecule has 9 heteroatoms. The molecule has 0 saturated carbocycles. The van der Waals surface area contributed by atoms with Crippen molar-refractivity contribution in [2.24, 2.45) is 7.05 Å². The standard InChI is InChI=1S/C19H20ClN5O3/c1-10(2)28-13-7-5-6-12(8-13)22-19(27)23-18(26)14-9-21-17-15(16(14)20)11(3)24-25(17)4/h5-10H,1-4H3,(H2,22,23,26,27). The third kappa shape index (κ3) is 4.07. The third-order valence-electron chi connectivity index (χ3n) is 3.90. The van der Waals surface area contributed by atoms with Crippen molar-refractivity contribution >= 4 is 40.3 Å². The van der Waals surface area contributed by atoms with Crippen molar-refractivity contribution in [3.63, 3.8) is 0 Å². The van der Waals surface area contributed by atoms with E-state index < -0.39 is 11.9 Å². The van der Waals surface area contributed by atoms with Gasteiger partial charge in [-0.2, -0.15) is 5.10 Å². The Kier molecular flexibility index (Phi) is 5.51. The van der Waals surface area contributed by atoms with Crippen LogP contribution in [0.15, 0.2) is 30.5 Å². The van der Waals surface area contributed by atoms with Gasteiger partial charge in [0.1, 0.15) is 5.75 Å². The Labute approximate surface area is 166 Å². The molecule has 1 aromatic carbocycles. The first-order valence-electron chi connectivity index (χ1n) is 8.63. The number of nitrogens with one attached hydrogen (secondary N) is 2. The van der Waals surface area contributed by atoms with E-state index >= 15 is 0 Å². The normalized spacial score (nSPS) is 10.9. The minimum absolute atomic E-state index is 0.00569. The molecule has 0 fully saturated rings. The molecule has 3 aromatic rings. The van der Waals surface area contributed by atoms with Gasteiger partial charge in [-0.05, 0) is 32.9 Å². The number of urea groups is 1. The molecule has 3 amide bonds. The van der Waals surface area contributed by atoms with E-state index in [1.165, 1.54) is 6.20 Å². The first-order chi connectivity index (χ1) is 13.3. The number of nitrogens with zero attached hydrogens (tertiary/aromatic N) is 3. The Morgan fingerprint density at radius 2 is 2.04 bits per heavy atom. The number of carbonyl (C=O) groups is 2. The van der Waals surface area contributed by atoms with E-state index in [1.807, 2.05) is 13.8 Å². The lowest BCUT2D eigenvalue weighted by molar-refractivity contribution is 0.0967. The molecule has 2 heterocycles. The summed E-state index contributed by atoms with van der Waals surface area (Å²) in [6, 6.07) is 6.20. The van der Waals surface area contributed by atoms with Crippen LogP contribution in [0.5, 0.6) is 5.75 Å². The molecule has 0 radical (unpaired) electrons. The van der Waals surface area contributed by atoms with Gasteiger partial charge in [-0.1, -0.05) is 17.7 Å². The van der Waals surface area contributed by atoms with Gasteiger partial charge in [-0.25, -0.2) is 9.78 Å². The maximum atomic E-state index is 12.5. The fraction of sp³-hybridized carbons (Fsp3) is 0.263. The van der Waals surface area contributed by atoms with E-state index in [1.54, 1.807) is 42.9 Å². The molecule has 28 heavy (non-hydrogen) atoms. The van der Waals surface area contributed by atoms with E-state index in [2.05, 4.69) is 20.7 Å². The fourth-order valence-electron chi connectivity index (χ4n) is 2.78. The summed E-state index contributed by atoms with van der Waals surface area (Å²) in [5.74, 6) is -0.0430. The molecule has 0 spiro atoms. The molecule has 0 aliphatic rings. The van der Waals surface area contributed by atoms with Gasteiger partial charge in [0.2, 0.25) is 0 Å². The Balaban J connectivity index is 1.74. The van der Waals surface area contributed by atoms with Gasteiger partial charge >= 0.3 is 6.03 Å². The fourth-order valence-corrected chi connectivity index (χ4v) is 3.13. The highest BCUT2D eigenvalue weighted by molar-refractivity contribution is 6.38. The van der Waals surface area contributed by atoms with Crippen LogP contribution in [0.1, 0.15) is 29.9 Å². The number of anilines is 1. The lowest BCUT2D eigenvalue weighted by Crippen LogP contribution is -2.34. The molecule has 8 nitrogen and oxygen atoms in total. The van der Waals surface area contributed by atoms with Crippen molar-refractivity contribution in [2.75, 3.05) is 5.32 Å². The predicted molar refractivity (Wildman–Crippen MR) is 107 cm³/mol. The zero-order valence-electron chi connectivity index (χ0n) is 15.9. The van der Waals surface area contributed by atoms with Gasteiger partial charge in [-0.15, -0.1) is 0 Å². The summed E-state index contributed by atoms with van der Waals surface area (Å²) in [4.78, 5) is 28.9. The Bertz CT molecular complexity index is 1060. The van der Waals surface area contributed by atoms with E-state index in [4.69, 9.17) is 16.3 Å². The number of halogens is 1.